The van der Waals surface area contributed by atoms with Gasteiger partial charge in [0.2, 0.25) is 5.91 Å². The van der Waals surface area contributed by atoms with Crippen LogP contribution in [0, 0.1) is 5.41 Å². The lowest BCUT2D eigenvalue weighted by atomic mass is 9.93. The number of nitrogens with one attached hydrogen (secondary N) is 1. The molecule has 86 valence electrons. The molecule has 0 bridgehead atoms. The molecule has 0 aromatic carbocycles. The number of hydrogen-bond acceptors (Lipinski definition) is 1. The third-order valence-corrected chi connectivity index (χ3v) is 1.59. The molecule has 15 heavy (non-hydrogen) atoms. The quantitative estimate of drug-likeness (QED) is 0.726. The predicted octanol–water partition coefficient (Wildman–Crippen LogP) is 2.42. The van der Waals surface area contributed by atoms with E-state index in [1.807, 2.05) is 0 Å². The zero-order valence-corrected chi connectivity index (χ0v) is 8.74. The molecule has 0 aliphatic heterocycles. The Bertz CT molecular complexity index is 275. The van der Waals surface area contributed by atoms with Crippen LogP contribution in [0.2, 0.25) is 0 Å². The van der Waals surface area contributed by atoms with E-state index >= 15 is 0 Å². The summed E-state index contributed by atoms with van der Waals surface area (Å²) in [7, 11) is 0. The molecule has 0 radical (unpaired) electrons. The van der Waals surface area contributed by atoms with Crippen molar-refractivity contribution in [3.8, 4) is 0 Å². The molecular weight excluding hydrogens is 207 g/mol. The highest BCUT2D eigenvalue weighted by Crippen LogP contribution is 2.19. The van der Waals surface area contributed by atoms with Crippen LogP contribution in [0.25, 0.3) is 0 Å². The molecule has 0 aromatic heterocycles. The molecule has 0 aliphatic rings. The largest absolute Gasteiger partial charge is 0.397 e. The first-order valence-electron chi connectivity index (χ1n) is 4.37. The van der Waals surface area contributed by atoms with Crippen LogP contribution in [0.15, 0.2) is 18.4 Å². The van der Waals surface area contributed by atoms with Crippen molar-refractivity contribution in [2.75, 3.05) is 6.54 Å². The minimum atomic E-state index is -4.46. The first kappa shape index (κ1) is 13.8. The van der Waals surface area contributed by atoms with Crippen molar-refractivity contribution in [2.45, 2.75) is 26.4 Å². The van der Waals surface area contributed by atoms with Gasteiger partial charge in [0.25, 0.3) is 0 Å². The topological polar surface area (TPSA) is 29.1 Å². The van der Waals surface area contributed by atoms with Gasteiger partial charge in [0.15, 0.2) is 0 Å². The Morgan fingerprint density at radius 3 is 2.40 bits per heavy atom. The van der Waals surface area contributed by atoms with Gasteiger partial charge < -0.3 is 5.32 Å². The van der Waals surface area contributed by atoms with Crippen LogP contribution < -0.4 is 5.32 Å². The number of alkyl halides is 3. The van der Waals surface area contributed by atoms with Gasteiger partial charge in [0, 0.05) is 12.0 Å². The molecule has 0 unspecified atom stereocenters. The van der Waals surface area contributed by atoms with Gasteiger partial charge >= 0.3 is 6.18 Å². The van der Waals surface area contributed by atoms with Gasteiger partial charge in [-0.3, -0.25) is 4.79 Å². The number of carbonyl (C=O) groups is 1. The molecule has 5 heteroatoms. The normalized spacial score (nSPS) is 11.8. The van der Waals surface area contributed by atoms with Gasteiger partial charge in [-0.05, 0) is 6.08 Å². The lowest BCUT2D eigenvalue weighted by molar-refractivity contribution is -0.153. The van der Waals surface area contributed by atoms with Crippen molar-refractivity contribution >= 4 is 5.91 Å². The average molecular weight is 221 g/mol. The molecule has 0 aromatic rings. The van der Waals surface area contributed by atoms with E-state index in [1.165, 1.54) is 0 Å². The maximum Gasteiger partial charge on any atom is 0.397 e. The Balaban J connectivity index is 4.07. The first-order chi connectivity index (χ1) is 6.66. The molecule has 2 nitrogen and oxygen atoms in total. The summed E-state index contributed by atoms with van der Waals surface area (Å²) in [5, 5.41) is 2.21. The van der Waals surface area contributed by atoms with Crippen LogP contribution in [0.5, 0.6) is 0 Å². The molecular formula is C10H14F3NO. The van der Waals surface area contributed by atoms with E-state index < -0.39 is 23.9 Å². The fourth-order valence-corrected chi connectivity index (χ4v) is 0.898. The average Bonchev–Trinajstić information content (AvgIpc) is 1.98. The maximum atomic E-state index is 11.8. The number of carbonyl (C=O) groups excluding carboxylic acids is 1. The number of rotatable bonds is 4. The number of amides is 1. The summed E-state index contributed by atoms with van der Waals surface area (Å²) in [4.78, 5) is 10.8. The van der Waals surface area contributed by atoms with E-state index in [1.54, 1.807) is 19.9 Å². The van der Waals surface area contributed by atoms with Crippen LogP contribution in [0.1, 0.15) is 20.3 Å². The summed E-state index contributed by atoms with van der Waals surface area (Å²) < 4.78 is 35.3. The second-order valence-corrected chi connectivity index (χ2v) is 3.91. The second-order valence-electron chi connectivity index (χ2n) is 3.91. The van der Waals surface area contributed by atoms with Gasteiger partial charge in [0.05, 0.1) is 0 Å². The highest BCUT2D eigenvalue weighted by Gasteiger charge is 2.31. The summed E-state index contributed by atoms with van der Waals surface area (Å²) in [6.45, 7) is 7.01. The van der Waals surface area contributed by atoms with Gasteiger partial charge in [-0.15, -0.1) is 5.73 Å². The van der Waals surface area contributed by atoms with Crippen molar-refractivity contribution in [2.24, 2.45) is 5.41 Å². The third-order valence-electron chi connectivity index (χ3n) is 1.59. The maximum absolute atomic E-state index is 11.8. The smallest absolute Gasteiger partial charge is 0.355 e. The summed E-state index contributed by atoms with van der Waals surface area (Å²) in [6, 6.07) is 0. The fraction of sp³-hybridized carbons (Fsp3) is 0.600. The van der Waals surface area contributed by atoms with E-state index in [9.17, 15) is 18.0 Å². The SMILES string of the molecule is C=C=CC(C)(C)CNC(=O)CC(F)(F)F. The molecule has 0 atom stereocenters. The van der Waals surface area contributed by atoms with Crippen molar-refractivity contribution < 1.29 is 18.0 Å². The van der Waals surface area contributed by atoms with Crippen molar-refractivity contribution in [1.82, 2.24) is 5.32 Å². The van der Waals surface area contributed by atoms with Gasteiger partial charge in [-0.25, -0.2) is 0 Å². The highest BCUT2D eigenvalue weighted by atomic mass is 19.4. The molecule has 0 spiro atoms. The van der Waals surface area contributed by atoms with E-state index in [0.29, 0.717) is 0 Å². The van der Waals surface area contributed by atoms with E-state index in [0.717, 1.165) is 0 Å². The Hall–Kier alpha value is -1.22. The van der Waals surface area contributed by atoms with Crippen molar-refractivity contribution in [1.29, 1.82) is 0 Å². The summed E-state index contributed by atoms with van der Waals surface area (Å²) in [6.07, 6.45) is -4.30. The summed E-state index contributed by atoms with van der Waals surface area (Å²) in [5.74, 6) is -1.02. The standard InChI is InChI=1S/C10H14F3NO/c1-4-5-9(2,3)7-14-8(15)6-10(11,12)13/h5H,1,6-7H2,2-3H3,(H,14,15). The van der Waals surface area contributed by atoms with Gasteiger partial charge in [0.1, 0.15) is 6.42 Å². The first-order valence-corrected chi connectivity index (χ1v) is 4.37. The van der Waals surface area contributed by atoms with E-state index in [-0.39, 0.29) is 6.54 Å². The lowest BCUT2D eigenvalue weighted by Crippen LogP contribution is -2.35. The zero-order valence-electron chi connectivity index (χ0n) is 8.74. The second kappa shape index (κ2) is 5.03. The van der Waals surface area contributed by atoms with Crippen molar-refractivity contribution in [3.63, 3.8) is 0 Å². The Labute approximate surface area is 86.9 Å². The predicted molar refractivity (Wildman–Crippen MR) is 51.2 cm³/mol. The van der Waals surface area contributed by atoms with E-state index in [4.69, 9.17) is 0 Å². The van der Waals surface area contributed by atoms with Crippen molar-refractivity contribution in [3.05, 3.63) is 18.4 Å². The molecule has 1 N–H and O–H groups in total. The number of halogens is 3. The number of hydrogen-bond donors (Lipinski definition) is 1. The van der Waals surface area contributed by atoms with Gasteiger partial charge in [-0.1, -0.05) is 20.4 Å². The van der Waals surface area contributed by atoms with Crippen LogP contribution in [-0.2, 0) is 4.79 Å². The minimum Gasteiger partial charge on any atom is -0.355 e. The third kappa shape index (κ3) is 7.82. The minimum absolute atomic E-state index is 0.129. The molecule has 0 heterocycles. The van der Waals surface area contributed by atoms with Crippen LogP contribution in [-0.4, -0.2) is 18.6 Å². The van der Waals surface area contributed by atoms with Crippen LogP contribution in [0.4, 0.5) is 13.2 Å². The van der Waals surface area contributed by atoms with E-state index in [2.05, 4.69) is 17.6 Å². The zero-order chi connectivity index (χ0) is 12.1. The van der Waals surface area contributed by atoms with Gasteiger partial charge in [-0.2, -0.15) is 13.2 Å². The molecule has 0 aliphatic carbocycles. The Kier molecular flexibility index (Phi) is 4.62. The highest BCUT2D eigenvalue weighted by molar-refractivity contribution is 5.76. The Morgan fingerprint density at radius 1 is 1.47 bits per heavy atom. The monoisotopic (exact) mass is 221 g/mol. The lowest BCUT2D eigenvalue weighted by Gasteiger charge is -2.19. The molecule has 0 rings (SSSR count). The molecule has 0 fully saturated rings. The molecule has 1 amide bonds. The molecule has 0 saturated carbocycles. The van der Waals surface area contributed by atoms with Crippen LogP contribution >= 0.6 is 0 Å². The Morgan fingerprint density at radius 2 is 2.00 bits per heavy atom. The fourth-order valence-electron chi connectivity index (χ4n) is 0.898. The van der Waals surface area contributed by atoms with Crippen LogP contribution in [0.3, 0.4) is 0 Å². The summed E-state index contributed by atoms with van der Waals surface area (Å²) in [5.41, 5.74) is 2.09. The summed E-state index contributed by atoms with van der Waals surface area (Å²) >= 11 is 0. The molecule has 0 saturated heterocycles.